The number of hydrazone groups is 1. The number of aryl methyl sites for hydroxylation is 1. The minimum atomic E-state index is -3.90. The predicted molar refractivity (Wildman–Crippen MR) is 111 cm³/mol. The lowest BCUT2D eigenvalue weighted by atomic mass is 10.1. The van der Waals surface area contributed by atoms with Crippen molar-refractivity contribution in [1.29, 1.82) is 0 Å². The second kappa shape index (κ2) is 8.56. The average Bonchev–Trinajstić information content (AvgIpc) is 3.21. The van der Waals surface area contributed by atoms with E-state index in [1.54, 1.807) is 30.3 Å². The summed E-state index contributed by atoms with van der Waals surface area (Å²) >= 11 is 0. The molecule has 2 aromatic carbocycles. The molecule has 1 fully saturated rings. The SMILES string of the molecule is Cc1cccc(N(CC(=O)NN=C2CCCC2)S(=O)(=O)c2ccccc2)c1C. The van der Waals surface area contributed by atoms with E-state index in [0.717, 1.165) is 46.8 Å². The van der Waals surface area contributed by atoms with E-state index in [1.165, 1.54) is 12.1 Å². The normalized spacial score (nSPS) is 14.0. The Hall–Kier alpha value is -2.67. The molecular formula is C21H25N3O3S. The highest BCUT2D eigenvalue weighted by Gasteiger charge is 2.28. The summed E-state index contributed by atoms with van der Waals surface area (Å²) in [5.74, 6) is -0.459. The van der Waals surface area contributed by atoms with E-state index in [-0.39, 0.29) is 11.4 Å². The predicted octanol–water partition coefficient (Wildman–Crippen LogP) is 3.54. The molecule has 0 spiro atoms. The van der Waals surface area contributed by atoms with Crippen LogP contribution >= 0.6 is 0 Å². The number of carbonyl (C=O) groups excluding carboxylic acids is 1. The van der Waals surface area contributed by atoms with Crippen molar-refractivity contribution in [3.63, 3.8) is 0 Å². The Morgan fingerprint density at radius 2 is 1.71 bits per heavy atom. The van der Waals surface area contributed by atoms with Gasteiger partial charge in [0.15, 0.2) is 0 Å². The molecule has 1 aliphatic carbocycles. The molecule has 0 unspecified atom stereocenters. The summed E-state index contributed by atoms with van der Waals surface area (Å²) in [5.41, 5.74) is 5.75. The molecule has 0 bridgehead atoms. The summed E-state index contributed by atoms with van der Waals surface area (Å²) in [5, 5.41) is 4.16. The van der Waals surface area contributed by atoms with Crippen LogP contribution in [0.4, 0.5) is 5.69 Å². The summed E-state index contributed by atoms with van der Waals surface area (Å²) in [6.07, 6.45) is 3.91. The van der Waals surface area contributed by atoms with Crippen molar-refractivity contribution in [2.75, 3.05) is 10.8 Å². The van der Waals surface area contributed by atoms with E-state index in [4.69, 9.17) is 0 Å². The fourth-order valence-electron chi connectivity index (χ4n) is 3.23. The number of nitrogens with one attached hydrogen (secondary N) is 1. The Bertz CT molecular complexity index is 977. The first-order valence-corrected chi connectivity index (χ1v) is 10.8. The van der Waals surface area contributed by atoms with E-state index >= 15 is 0 Å². The second-order valence-electron chi connectivity index (χ2n) is 6.96. The zero-order valence-corrected chi connectivity index (χ0v) is 17.0. The van der Waals surface area contributed by atoms with Crippen molar-refractivity contribution in [2.24, 2.45) is 5.10 Å². The Morgan fingerprint density at radius 1 is 1.04 bits per heavy atom. The number of sulfonamides is 1. The number of anilines is 1. The van der Waals surface area contributed by atoms with Gasteiger partial charge in [-0.1, -0.05) is 30.3 Å². The number of hydrogen-bond donors (Lipinski definition) is 1. The number of hydrogen-bond acceptors (Lipinski definition) is 4. The molecule has 148 valence electrons. The third-order valence-corrected chi connectivity index (χ3v) is 6.76. The second-order valence-corrected chi connectivity index (χ2v) is 8.83. The number of benzene rings is 2. The Labute approximate surface area is 166 Å². The highest BCUT2D eigenvalue weighted by atomic mass is 32.2. The molecule has 0 heterocycles. The van der Waals surface area contributed by atoms with Gasteiger partial charge in [-0.15, -0.1) is 0 Å². The van der Waals surface area contributed by atoms with Crippen molar-refractivity contribution < 1.29 is 13.2 Å². The van der Waals surface area contributed by atoms with Gasteiger partial charge < -0.3 is 0 Å². The van der Waals surface area contributed by atoms with Crippen LogP contribution in [-0.2, 0) is 14.8 Å². The van der Waals surface area contributed by atoms with Crippen LogP contribution in [0.15, 0.2) is 58.5 Å². The van der Waals surface area contributed by atoms with E-state index in [9.17, 15) is 13.2 Å². The molecule has 0 aliphatic heterocycles. The van der Waals surface area contributed by atoms with Crippen LogP contribution in [0.2, 0.25) is 0 Å². The maximum atomic E-state index is 13.3. The third kappa shape index (κ3) is 4.42. The van der Waals surface area contributed by atoms with Gasteiger partial charge >= 0.3 is 0 Å². The smallest absolute Gasteiger partial charge is 0.264 e. The van der Waals surface area contributed by atoms with Crippen LogP contribution in [-0.4, -0.2) is 26.6 Å². The summed E-state index contributed by atoms with van der Waals surface area (Å²) in [6, 6.07) is 13.6. The van der Waals surface area contributed by atoms with Crippen molar-refractivity contribution in [1.82, 2.24) is 5.43 Å². The van der Waals surface area contributed by atoms with Gasteiger partial charge in [0, 0.05) is 5.71 Å². The van der Waals surface area contributed by atoms with Gasteiger partial charge in [0.05, 0.1) is 10.6 Å². The summed E-state index contributed by atoms with van der Waals surface area (Å²) in [7, 11) is -3.90. The van der Waals surface area contributed by atoms with Gasteiger partial charge in [0.1, 0.15) is 6.54 Å². The zero-order valence-electron chi connectivity index (χ0n) is 16.2. The largest absolute Gasteiger partial charge is 0.271 e. The molecular weight excluding hydrogens is 374 g/mol. The lowest BCUT2D eigenvalue weighted by Gasteiger charge is -2.26. The van der Waals surface area contributed by atoms with Crippen LogP contribution in [0.5, 0.6) is 0 Å². The summed E-state index contributed by atoms with van der Waals surface area (Å²) in [4.78, 5) is 12.7. The molecule has 1 amide bonds. The van der Waals surface area contributed by atoms with Crippen LogP contribution in [0.3, 0.4) is 0 Å². The number of carbonyl (C=O) groups is 1. The van der Waals surface area contributed by atoms with E-state index in [1.807, 2.05) is 19.9 Å². The van der Waals surface area contributed by atoms with Crippen LogP contribution in [0.25, 0.3) is 0 Å². The average molecular weight is 400 g/mol. The molecule has 2 aromatic rings. The van der Waals surface area contributed by atoms with Crippen LogP contribution < -0.4 is 9.73 Å². The molecule has 0 radical (unpaired) electrons. The van der Waals surface area contributed by atoms with Crippen molar-refractivity contribution in [2.45, 2.75) is 44.4 Å². The van der Waals surface area contributed by atoms with E-state index in [0.29, 0.717) is 5.69 Å². The molecule has 0 atom stereocenters. The van der Waals surface area contributed by atoms with Crippen molar-refractivity contribution in [3.05, 3.63) is 59.7 Å². The highest BCUT2D eigenvalue weighted by molar-refractivity contribution is 7.92. The van der Waals surface area contributed by atoms with Gasteiger partial charge in [-0.05, 0) is 68.9 Å². The lowest BCUT2D eigenvalue weighted by Crippen LogP contribution is -2.40. The fourth-order valence-corrected chi connectivity index (χ4v) is 4.73. The molecule has 1 N–H and O–H groups in total. The first kappa shape index (κ1) is 20.1. The molecule has 3 rings (SSSR count). The maximum Gasteiger partial charge on any atom is 0.264 e. The quantitative estimate of drug-likeness (QED) is 0.755. The van der Waals surface area contributed by atoms with Crippen LogP contribution in [0, 0.1) is 13.8 Å². The maximum absolute atomic E-state index is 13.3. The molecule has 0 saturated heterocycles. The van der Waals surface area contributed by atoms with Crippen molar-refractivity contribution >= 4 is 27.3 Å². The fraction of sp³-hybridized carbons (Fsp3) is 0.333. The van der Waals surface area contributed by atoms with Crippen LogP contribution in [0.1, 0.15) is 36.8 Å². The highest BCUT2D eigenvalue weighted by Crippen LogP contribution is 2.28. The Balaban J connectivity index is 1.94. The monoisotopic (exact) mass is 399 g/mol. The minimum Gasteiger partial charge on any atom is -0.271 e. The van der Waals surface area contributed by atoms with Gasteiger partial charge in [-0.3, -0.25) is 9.10 Å². The van der Waals surface area contributed by atoms with E-state index in [2.05, 4.69) is 10.5 Å². The molecule has 0 aromatic heterocycles. The van der Waals surface area contributed by atoms with Gasteiger partial charge in [0.2, 0.25) is 0 Å². The standard InChI is InChI=1S/C21H25N3O3S/c1-16-9-8-14-20(17(16)2)24(28(26,27)19-12-4-3-5-13-19)15-21(25)23-22-18-10-6-7-11-18/h3-5,8-9,12-14H,6-7,10-11,15H2,1-2H3,(H,23,25). The molecule has 6 nitrogen and oxygen atoms in total. The van der Waals surface area contributed by atoms with Gasteiger partial charge in [0.25, 0.3) is 15.9 Å². The third-order valence-electron chi connectivity index (χ3n) is 4.98. The molecule has 1 aliphatic rings. The molecule has 1 saturated carbocycles. The van der Waals surface area contributed by atoms with Gasteiger partial charge in [-0.2, -0.15) is 5.10 Å². The number of nitrogens with zero attached hydrogens (tertiary/aromatic N) is 2. The lowest BCUT2D eigenvalue weighted by molar-refractivity contribution is -0.119. The summed E-state index contributed by atoms with van der Waals surface area (Å²) in [6.45, 7) is 3.44. The Kier molecular flexibility index (Phi) is 6.14. The van der Waals surface area contributed by atoms with E-state index < -0.39 is 15.9 Å². The Morgan fingerprint density at radius 3 is 2.39 bits per heavy atom. The molecule has 28 heavy (non-hydrogen) atoms. The minimum absolute atomic E-state index is 0.144. The number of rotatable bonds is 6. The van der Waals surface area contributed by atoms with Crippen molar-refractivity contribution in [3.8, 4) is 0 Å². The molecule has 7 heteroatoms. The summed E-state index contributed by atoms with van der Waals surface area (Å²) < 4.78 is 27.8. The van der Waals surface area contributed by atoms with Gasteiger partial charge in [-0.25, -0.2) is 13.8 Å². The first-order chi connectivity index (χ1) is 13.4. The topological polar surface area (TPSA) is 78.8 Å². The zero-order chi connectivity index (χ0) is 20.1. The number of amides is 1. The first-order valence-electron chi connectivity index (χ1n) is 9.38.